The third kappa shape index (κ3) is 2.99. The molecule has 3 rings (SSSR count). The van der Waals surface area contributed by atoms with Gasteiger partial charge in [0.1, 0.15) is 0 Å². The Morgan fingerprint density at radius 2 is 1.65 bits per heavy atom. The maximum Gasteiger partial charge on any atom is 0.0214 e. The van der Waals surface area contributed by atoms with Crippen LogP contribution in [0.15, 0.2) is 0 Å². The standard InChI is InChI=1S/C25H47N/c1-7-11-18(3)20(8-2)24(6)17-15-22-21(23(24,4)5)14-13-19-12-9-10-16-25(19,22)26/h18-22H,7-17,26H2,1-6H3. The van der Waals surface area contributed by atoms with Gasteiger partial charge in [-0.15, -0.1) is 0 Å². The first-order chi connectivity index (χ1) is 12.2. The van der Waals surface area contributed by atoms with Gasteiger partial charge in [-0.25, -0.2) is 0 Å². The van der Waals surface area contributed by atoms with E-state index in [9.17, 15) is 0 Å². The van der Waals surface area contributed by atoms with Crippen molar-refractivity contribution >= 4 is 0 Å². The van der Waals surface area contributed by atoms with Crippen LogP contribution in [0.4, 0.5) is 0 Å². The Balaban J connectivity index is 1.90. The minimum Gasteiger partial charge on any atom is -0.325 e. The van der Waals surface area contributed by atoms with Crippen LogP contribution in [0.3, 0.4) is 0 Å². The molecule has 0 heterocycles. The van der Waals surface area contributed by atoms with Crippen molar-refractivity contribution in [1.82, 2.24) is 0 Å². The van der Waals surface area contributed by atoms with Gasteiger partial charge in [0.25, 0.3) is 0 Å². The second-order valence-corrected chi connectivity index (χ2v) is 11.3. The quantitative estimate of drug-likeness (QED) is 0.551. The van der Waals surface area contributed by atoms with Crippen LogP contribution in [0.2, 0.25) is 0 Å². The lowest BCUT2D eigenvalue weighted by Crippen LogP contribution is -2.65. The Bertz CT molecular complexity index is 483. The fourth-order valence-electron chi connectivity index (χ4n) is 8.49. The lowest BCUT2D eigenvalue weighted by atomic mass is 9.40. The van der Waals surface area contributed by atoms with E-state index >= 15 is 0 Å². The van der Waals surface area contributed by atoms with Gasteiger partial charge >= 0.3 is 0 Å². The van der Waals surface area contributed by atoms with Crippen molar-refractivity contribution in [3.63, 3.8) is 0 Å². The van der Waals surface area contributed by atoms with Crippen LogP contribution in [0.1, 0.15) is 112 Å². The van der Waals surface area contributed by atoms with Gasteiger partial charge in [-0.3, -0.25) is 0 Å². The van der Waals surface area contributed by atoms with Gasteiger partial charge < -0.3 is 5.73 Å². The highest BCUT2D eigenvalue weighted by molar-refractivity contribution is 5.13. The Morgan fingerprint density at radius 3 is 2.31 bits per heavy atom. The fraction of sp³-hybridized carbons (Fsp3) is 1.00. The summed E-state index contributed by atoms with van der Waals surface area (Å²) in [6.45, 7) is 15.3. The van der Waals surface area contributed by atoms with Crippen LogP contribution in [-0.2, 0) is 0 Å². The molecule has 3 fully saturated rings. The third-order valence-corrected chi connectivity index (χ3v) is 10.2. The first-order valence-corrected chi connectivity index (χ1v) is 12.0. The van der Waals surface area contributed by atoms with Crippen molar-refractivity contribution in [2.75, 3.05) is 0 Å². The van der Waals surface area contributed by atoms with Gasteiger partial charge in [0.05, 0.1) is 0 Å². The highest BCUT2D eigenvalue weighted by Crippen LogP contribution is 2.66. The molecule has 3 aliphatic rings. The number of hydrogen-bond donors (Lipinski definition) is 1. The van der Waals surface area contributed by atoms with Gasteiger partial charge in [-0.1, -0.05) is 73.6 Å². The maximum atomic E-state index is 7.24. The zero-order valence-electron chi connectivity index (χ0n) is 18.7. The lowest BCUT2D eigenvalue weighted by Gasteiger charge is -2.66. The van der Waals surface area contributed by atoms with Crippen molar-refractivity contribution in [3.8, 4) is 0 Å². The molecule has 1 heteroatoms. The van der Waals surface area contributed by atoms with E-state index in [2.05, 4.69) is 41.5 Å². The summed E-state index contributed by atoms with van der Waals surface area (Å²) in [6.07, 6.45) is 15.2. The minimum absolute atomic E-state index is 0.163. The molecule has 0 aromatic heterocycles. The molecule has 0 saturated heterocycles. The number of fused-ring (bicyclic) bond motifs is 3. The average molecular weight is 362 g/mol. The van der Waals surface area contributed by atoms with Crippen LogP contribution in [0.5, 0.6) is 0 Å². The molecule has 0 aromatic rings. The van der Waals surface area contributed by atoms with Crippen molar-refractivity contribution in [2.24, 2.45) is 46.2 Å². The summed E-state index contributed by atoms with van der Waals surface area (Å²) in [5, 5.41) is 0. The smallest absolute Gasteiger partial charge is 0.0214 e. The average Bonchev–Trinajstić information content (AvgIpc) is 2.58. The van der Waals surface area contributed by atoms with E-state index in [1.165, 1.54) is 70.6 Å². The van der Waals surface area contributed by atoms with E-state index < -0.39 is 0 Å². The Kier molecular flexibility index (Phi) is 5.90. The van der Waals surface area contributed by atoms with E-state index in [1.54, 1.807) is 0 Å². The minimum atomic E-state index is 0.163. The van der Waals surface area contributed by atoms with Crippen molar-refractivity contribution in [3.05, 3.63) is 0 Å². The summed E-state index contributed by atoms with van der Waals surface area (Å²) >= 11 is 0. The molecule has 3 aliphatic carbocycles. The summed E-state index contributed by atoms with van der Waals surface area (Å²) in [5.74, 6) is 4.14. The molecule has 0 bridgehead atoms. The van der Waals surface area contributed by atoms with E-state index in [1.807, 2.05) is 0 Å². The maximum absolute atomic E-state index is 7.24. The van der Waals surface area contributed by atoms with E-state index in [0.717, 1.165) is 29.6 Å². The zero-order valence-corrected chi connectivity index (χ0v) is 18.7. The molecule has 1 nitrogen and oxygen atoms in total. The molecule has 0 radical (unpaired) electrons. The molecular weight excluding hydrogens is 314 g/mol. The highest BCUT2D eigenvalue weighted by Gasteiger charge is 2.61. The van der Waals surface area contributed by atoms with Gasteiger partial charge in [0.15, 0.2) is 0 Å². The summed E-state index contributed by atoms with van der Waals surface area (Å²) in [4.78, 5) is 0. The number of hydrogen-bond acceptors (Lipinski definition) is 1. The topological polar surface area (TPSA) is 26.0 Å². The Hall–Kier alpha value is -0.0400. The van der Waals surface area contributed by atoms with E-state index in [4.69, 9.17) is 5.73 Å². The van der Waals surface area contributed by atoms with Gasteiger partial charge in [0.2, 0.25) is 0 Å². The zero-order chi connectivity index (χ0) is 19.2. The van der Waals surface area contributed by atoms with Gasteiger partial charge in [-0.05, 0) is 78.9 Å². The molecule has 3 saturated carbocycles. The van der Waals surface area contributed by atoms with Crippen molar-refractivity contribution in [1.29, 1.82) is 0 Å². The summed E-state index contributed by atoms with van der Waals surface area (Å²) in [5.41, 5.74) is 8.29. The summed E-state index contributed by atoms with van der Waals surface area (Å²) in [6, 6.07) is 0. The first kappa shape index (κ1) is 20.7. The van der Waals surface area contributed by atoms with Crippen LogP contribution in [0.25, 0.3) is 0 Å². The van der Waals surface area contributed by atoms with Gasteiger partial charge in [0, 0.05) is 5.54 Å². The number of rotatable bonds is 5. The largest absolute Gasteiger partial charge is 0.325 e. The van der Waals surface area contributed by atoms with E-state index in [-0.39, 0.29) is 5.54 Å². The van der Waals surface area contributed by atoms with E-state index in [0.29, 0.717) is 10.8 Å². The van der Waals surface area contributed by atoms with Crippen LogP contribution in [0, 0.1) is 40.4 Å². The Morgan fingerprint density at radius 1 is 0.923 bits per heavy atom. The summed E-state index contributed by atoms with van der Waals surface area (Å²) in [7, 11) is 0. The normalized spacial score (nSPS) is 44.7. The molecule has 152 valence electrons. The predicted octanol–water partition coefficient (Wildman–Crippen LogP) is 7.19. The molecule has 7 unspecified atom stereocenters. The first-order valence-electron chi connectivity index (χ1n) is 12.0. The molecular formula is C25H47N. The Labute approximate surface area is 164 Å². The second kappa shape index (κ2) is 7.41. The van der Waals surface area contributed by atoms with Crippen LogP contribution < -0.4 is 5.73 Å². The fourth-order valence-corrected chi connectivity index (χ4v) is 8.49. The lowest BCUT2D eigenvalue weighted by molar-refractivity contribution is -0.153. The molecule has 26 heavy (non-hydrogen) atoms. The predicted molar refractivity (Wildman–Crippen MR) is 114 cm³/mol. The molecule has 0 aromatic carbocycles. The monoisotopic (exact) mass is 361 g/mol. The van der Waals surface area contributed by atoms with Crippen molar-refractivity contribution < 1.29 is 0 Å². The van der Waals surface area contributed by atoms with Crippen molar-refractivity contribution in [2.45, 2.75) is 118 Å². The summed E-state index contributed by atoms with van der Waals surface area (Å²) < 4.78 is 0. The highest BCUT2D eigenvalue weighted by atomic mass is 14.8. The molecule has 2 N–H and O–H groups in total. The molecule has 7 atom stereocenters. The SMILES string of the molecule is CCCC(C)C(CC)C1(C)CCC2C(CCC3CCCCC32N)C1(C)C. The van der Waals surface area contributed by atoms with Gasteiger partial charge in [-0.2, -0.15) is 0 Å². The van der Waals surface area contributed by atoms with Crippen LogP contribution >= 0.6 is 0 Å². The van der Waals surface area contributed by atoms with Crippen LogP contribution in [-0.4, -0.2) is 5.54 Å². The number of nitrogens with two attached hydrogens (primary N) is 1. The molecule has 0 amide bonds. The molecule has 0 spiro atoms. The second-order valence-electron chi connectivity index (χ2n) is 11.3. The third-order valence-electron chi connectivity index (χ3n) is 10.2. The molecule has 0 aliphatic heterocycles.